The third-order valence-corrected chi connectivity index (χ3v) is 3.82. The van der Waals surface area contributed by atoms with Gasteiger partial charge in [0.15, 0.2) is 13.2 Å². The fraction of sp³-hybridized carbons (Fsp3) is 0.176. The molecule has 1 heterocycles. The number of amides is 2. The number of ether oxygens (including phenoxy) is 2. The number of carbonyl (C=O) groups excluding carboxylic acids is 2. The molecule has 3 rings (SSSR count). The molecule has 7 heteroatoms. The van der Waals surface area contributed by atoms with Crippen LogP contribution >= 0.6 is 11.6 Å². The predicted molar refractivity (Wildman–Crippen MR) is 90.9 cm³/mol. The van der Waals surface area contributed by atoms with Crippen LogP contribution in [0.3, 0.4) is 0 Å². The van der Waals surface area contributed by atoms with Crippen molar-refractivity contribution in [1.82, 2.24) is 0 Å². The van der Waals surface area contributed by atoms with Crippen molar-refractivity contribution in [1.29, 1.82) is 0 Å². The van der Waals surface area contributed by atoms with Gasteiger partial charge in [-0.2, -0.15) is 0 Å². The van der Waals surface area contributed by atoms with Crippen LogP contribution in [0.25, 0.3) is 0 Å². The van der Waals surface area contributed by atoms with Crippen molar-refractivity contribution in [2.75, 3.05) is 23.8 Å². The zero-order chi connectivity index (χ0) is 17.1. The topological polar surface area (TPSA) is 76.7 Å². The summed E-state index contributed by atoms with van der Waals surface area (Å²) in [5, 5.41) is 6.03. The minimum Gasteiger partial charge on any atom is -0.484 e. The van der Waals surface area contributed by atoms with Gasteiger partial charge < -0.3 is 20.1 Å². The molecule has 2 N–H and O–H groups in total. The number of anilines is 2. The lowest BCUT2D eigenvalue weighted by Gasteiger charge is -2.18. The highest BCUT2D eigenvalue weighted by Crippen LogP contribution is 2.30. The molecule has 0 radical (unpaired) electrons. The van der Waals surface area contributed by atoms with Gasteiger partial charge in [-0.3, -0.25) is 9.59 Å². The van der Waals surface area contributed by atoms with Crippen LogP contribution in [0.4, 0.5) is 11.4 Å². The normalized spacial score (nSPS) is 12.7. The van der Waals surface area contributed by atoms with Crippen LogP contribution in [0.15, 0.2) is 36.4 Å². The molecule has 124 valence electrons. The highest BCUT2D eigenvalue weighted by atomic mass is 35.5. The number of hydrogen-bond donors (Lipinski definition) is 2. The first kappa shape index (κ1) is 16.1. The van der Waals surface area contributed by atoms with Crippen molar-refractivity contribution in [2.24, 2.45) is 0 Å². The van der Waals surface area contributed by atoms with Gasteiger partial charge in [0.1, 0.15) is 11.5 Å². The largest absolute Gasteiger partial charge is 0.484 e. The first-order valence-corrected chi connectivity index (χ1v) is 7.64. The summed E-state index contributed by atoms with van der Waals surface area (Å²) in [6.45, 7) is 1.72. The molecule has 24 heavy (non-hydrogen) atoms. The smallest absolute Gasteiger partial charge is 0.262 e. The lowest BCUT2D eigenvalue weighted by Crippen LogP contribution is -2.25. The van der Waals surface area contributed by atoms with Gasteiger partial charge in [-0.15, -0.1) is 0 Å². The first-order chi connectivity index (χ1) is 11.5. The third kappa shape index (κ3) is 3.78. The van der Waals surface area contributed by atoms with E-state index in [0.29, 0.717) is 27.9 Å². The summed E-state index contributed by atoms with van der Waals surface area (Å²) in [6, 6.07) is 10.2. The highest BCUT2D eigenvalue weighted by Gasteiger charge is 2.16. The molecule has 0 aromatic heterocycles. The summed E-state index contributed by atoms with van der Waals surface area (Å²) in [4.78, 5) is 23.3. The van der Waals surface area contributed by atoms with E-state index in [4.69, 9.17) is 21.1 Å². The van der Waals surface area contributed by atoms with Gasteiger partial charge >= 0.3 is 0 Å². The third-order valence-electron chi connectivity index (χ3n) is 3.40. The van der Waals surface area contributed by atoms with Gasteiger partial charge in [-0.1, -0.05) is 11.6 Å². The summed E-state index contributed by atoms with van der Waals surface area (Å²) in [5.74, 6) is 0.594. The van der Waals surface area contributed by atoms with E-state index < -0.39 is 0 Å². The summed E-state index contributed by atoms with van der Waals surface area (Å²) >= 11 is 5.94. The van der Waals surface area contributed by atoms with Crippen molar-refractivity contribution in [3.8, 4) is 11.5 Å². The van der Waals surface area contributed by atoms with Crippen LogP contribution < -0.4 is 20.1 Å². The Morgan fingerprint density at radius 3 is 2.96 bits per heavy atom. The quantitative estimate of drug-likeness (QED) is 0.892. The van der Waals surface area contributed by atoms with Gasteiger partial charge in [0, 0.05) is 10.7 Å². The Labute approximate surface area is 143 Å². The van der Waals surface area contributed by atoms with E-state index in [1.165, 1.54) is 0 Å². The van der Waals surface area contributed by atoms with E-state index >= 15 is 0 Å². The highest BCUT2D eigenvalue weighted by molar-refractivity contribution is 6.31. The van der Waals surface area contributed by atoms with Crippen molar-refractivity contribution in [3.63, 3.8) is 0 Å². The second-order valence-corrected chi connectivity index (χ2v) is 5.70. The number of hydrogen-bond acceptors (Lipinski definition) is 4. The molecule has 0 unspecified atom stereocenters. The molecule has 0 atom stereocenters. The van der Waals surface area contributed by atoms with Crippen LogP contribution in [-0.2, 0) is 9.59 Å². The molecule has 1 aliphatic heterocycles. The van der Waals surface area contributed by atoms with Crippen LogP contribution in [0.1, 0.15) is 5.56 Å². The maximum absolute atomic E-state index is 12.0. The maximum atomic E-state index is 12.0. The van der Waals surface area contributed by atoms with Crippen LogP contribution in [0, 0.1) is 6.92 Å². The maximum Gasteiger partial charge on any atom is 0.262 e. The van der Waals surface area contributed by atoms with Gasteiger partial charge in [0.05, 0.1) is 5.69 Å². The Morgan fingerprint density at radius 2 is 2.17 bits per heavy atom. The molecular formula is C17H15ClN2O4. The van der Waals surface area contributed by atoms with Crippen molar-refractivity contribution in [3.05, 3.63) is 47.0 Å². The zero-order valence-electron chi connectivity index (χ0n) is 12.9. The van der Waals surface area contributed by atoms with E-state index in [2.05, 4.69) is 10.6 Å². The van der Waals surface area contributed by atoms with Crippen molar-refractivity contribution in [2.45, 2.75) is 6.92 Å². The SMILES string of the molecule is Cc1cc(OCC(=O)Nc2ccc3c(c2)NC(=O)CO3)ccc1Cl. The Morgan fingerprint density at radius 1 is 1.33 bits per heavy atom. The number of nitrogens with one attached hydrogen (secondary N) is 2. The molecule has 2 aromatic rings. The molecule has 0 bridgehead atoms. The standard InChI is InChI=1S/C17H15ClN2O4/c1-10-6-12(3-4-13(10)18)23-8-16(21)19-11-2-5-15-14(7-11)20-17(22)9-24-15/h2-7H,8-9H2,1H3,(H,19,21)(H,20,22). The first-order valence-electron chi connectivity index (χ1n) is 7.27. The molecule has 0 aliphatic carbocycles. The number of benzene rings is 2. The number of carbonyl (C=O) groups is 2. The second kappa shape index (κ2) is 6.80. The monoisotopic (exact) mass is 346 g/mol. The average molecular weight is 347 g/mol. The Balaban J connectivity index is 1.59. The number of rotatable bonds is 4. The van der Waals surface area contributed by atoms with Crippen LogP contribution in [-0.4, -0.2) is 25.0 Å². The molecular weight excluding hydrogens is 332 g/mol. The van der Waals surface area contributed by atoms with Gasteiger partial charge in [-0.05, 0) is 48.9 Å². The van der Waals surface area contributed by atoms with Crippen molar-refractivity contribution < 1.29 is 19.1 Å². The van der Waals surface area contributed by atoms with Crippen LogP contribution in [0.5, 0.6) is 11.5 Å². The summed E-state index contributed by atoms with van der Waals surface area (Å²) < 4.78 is 10.7. The predicted octanol–water partition coefficient (Wildman–Crippen LogP) is 3.00. The summed E-state index contributed by atoms with van der Waals surface area (Å²) in [5.41, 5.74) is 1.94. The van der Waals surface area contributed by atoms with Crippen LogP contribution in [0.2, 0.25) is 5.02 Å². The molecule has 0 fully saturated rings. The lowest BCUT2D eigenvalue weighted by molar-refractivity contribution is -0.119. The molecule has 0 saturated heterocycles. The van der Waals surface area contributed by atoms with Gasteiger partial charge in [0.25, 0.3) is 11.8 Å². The number of fused-ring (bicyclic) bond motifs is 1. The van der Waals surface area contributed by atoms with Gasteiger partial charge in [-0.25, -0.2) is 0 Å². The number of halogens is 1. The average Bonchev–Trinajstić information content (AvgIpc) is 2.55. The molecule has 1 aliphatic rings. The molecule has 6 nitrogen and oxygen atoms in total. The molecule has 2 amide bonds. The molecule has 0 spiro atoms. The zero-order valence-corrected chi connectivity index (χ0v) is 13.6. The minimum absolute atomic E-state index is 0.00689. The van der Waals surface area contributed by atoms with E-state index in [1.54, 1.807) is 36.4 Å². The van der Waals surface area contributed by atoms with Gasteiger partial charge in [0.2, 0.25) is 0 Å². The van der Waals surface area contributed by atoms with E-state index in [1.807, 2.05) is 6.92 Å². The number of aryl methyl sites for hydroxylation is 1. The van der Waals surface area contributed by atoms with Crippen molar-refractivity contribution >= 4 is 34.8 Å². The molecule has 0 saturated carbocycles. The Bertz CT molecular complexity index is 807. The van der Waals surface area contributed by atoms with E-state index in [0.717, 1.165) is 5.56 Å². The summed E-state index contributed by atoms with van der Waals surface area (Å²) in [7, 11) is 0. The fourth-order valence-corrected chi connectivity index (χ4v) is 2.33. The summed E-state index contributed by atoms with van der Waals surface area (Å²) in [6.07, 6.45) is 0. The second-order valence-electron chi connectivity index (χ2n) is 5.30. The molecule has 2 aromatic carbocycles. The van der Waals surface area contributed by atoms with E-state index in [9.17, 15) is 9.59 Å². The van der Waals surface area contributed by atoms with E-state index in [-0.39, 0.29) is 25.0 Å². The Kier molecular flexibility index (Phi) is 4.57. The Hall–Kier alpha value is -2.73. The fourth-order valence-electron chi connectivity index (χ4n) is 2.21. The lowest BCUT2D eigenvalue weighted by atomic mass is 10.2. The minimum atomic E-state index is -0.314.